The van der Waals surface area contributed by atoms with Gasteiger partial charge in [0.25, 0.3) is 0 Å². The van der Waals surface area contributed by atoms with Crippen LogP contribution in [-0.2, 0) is 16.6 Å². The fraction of sp³-hybridized carbons (Fsp3) is 0.476. The van der Waals surface area contributed by atoms with Gasteiger partial charge in [0, 0.05) is 45.2 Å². The van der Waals surface area contributed by atoms with Crippen LogP contribution in [0, 0.1) is 5.92 Å². The predicted molar refractivity (Wildman–Crippen MR) is 107 cm³/mol. The molecule has 2 fully saturated rings. The molecule has 2 saturated heterocycles. The molecule has 1 aromatic carbocycles. The Labute approximate surface area is 170 Å². The Morgan fingerprint density at radius 2 is 2.14 bits per heavy atom. The average molecular weight is 397 g/mol. The van der Waals surface area contributed by atoms with Crippen molar-refractivity contribution in [3.05, 3.63) is 48.3 Å². The minimum Gasteiger partial charge on any atom is -0.492 e. The van der Waals surface area contributed by atoms with Crippen LogP contribution in [0.1, 0.15) is 17.9 Å². The van der Waals surface area contributed by atoms with E-state index in [1.165, 1.54) is 0 Å². The van der Waals surface area contributed by atoms with E-state index in [0.29, 0.717) is 32.7 Å². The molecule has 3 heterocycles. The van der Waals surface area contributed by atoms with E-state index in [2.05, 4.69) is 15.7 Å². The number of nitrogens with zero attached hydrogens (tertiary/aromatic N) is 3. The number of rotatable bonds is 7. The van der Waals surface area contributed by atoms with Crippen LogP contribution in [0.25, 0.3) is 0 Å². The number of hydrogen-bond acceptors (Lipinski definition) is 5. The lowest BCUT2D eigenvalue weighted by Gasteiger charge is -2.21. The van der Waals surface area contributed by atoms with Gasteiger partial charge in [-0.2, -0.15) is 5.10 Å². The zero-order chi connectivity index (χ0) is 20.2. The van der Waals surface area contributed by atoms with Gasteiger partial charge in [-0.1, -0.05) is 18.2 Å². The number of aryl methyl sites for hydroxylation is 1. The molecular formula is C21H27N5O3. The maximum atomic E-state index is 12.9. The smallest absolute Gasteiger partial charge is 0.225 e. The number of benzene rings is 1. The Bertz CT molecular complexity index is 853. The van der Waals surface area contributed by atoms with Gasteiger partial charge >= 0.3 is 0 Å². The van der Waals surface area contributed by atoms with Gasteiger partial charge < -0.3 is 20.3 Å². The highest BCUT2D eigenvalue weighted by Gasteiger charge is 2.37. The number of hydrogen-bond donors (Lipinski definition) is 2. The van der Waals surface area contributed by atoms with E-state index in [4.69, 9.17) is 4.74 Å². The number of para-hydroxylation sites is 1. The quantitative estimate of drug-likeness (QED) is 0.711. The van der Waals surface area contributed by atoms with Gasteiger partial charge in [-0.05, 0) is 17.7 Å². The van der Waals surface area contributed by atoms with Gasteiger partial charge in [-0.25, -0.2) is 0 Å². The number of likely N-dealkylation sites (tertiary alicyclic amines) is 1. The highest BCUT2D eigenvalue weighted by atomic mass is 16.5. The Kier molecular flexibility index (Phi) is 5.80. The van der Waals surface area contributed by atoms with Gasteiger partial charge in [0.2, 0.25) is 11.8 Å². The van der Waals surface area contributed by atoms with Gasteiger partial charge in [0.1, 0.15) is 12.4 Å². The van der Waals surface area contributed by atoms with Gasteiger partial charge in [-0.3, -0.25) is 14.3 Å². The van der Waals surface area contributed by atoms with Crippen molar-refractivity contribution in [2.75, 3.05) is 32.8 Å². The summed E-state index contributed by atoms with van der Waals surface area (Å²) < 4.78 is 7.44. The standard InChI is InChI=1S/C21H27N5O3/c1-25-13-15(10-23-25)18-11-22-12-19(18)21(28)24-16-9-20(27)26(14-16)7-8-29-17-5-3-2-4-6-17/h2-6,10,13,16,18-19,22H,7-9,11-12,14H2,1H3,(H,24,28)/t16?,18-,19+/m1/s1. The summed E-state index contributed by atoms with van der Waals surface area (Å²) in [7, 11) is 1.88. The van der Waals surface area contributed by atoms with Crippen molar-refractivity contribution in [2.45, 2.75) is 18.4 Å². The number of amides is 2. The molecule has 2 aliphatic rings. The van der Waals surface area contributed by atoms with E-state index in [-0.39, 0.29) is 29.7 Å². The Hall–Kier alpha value is -2.87. The summed E-state index contributed by atoms with van der Waals surface area (Å²) in [6, 6.07) is 9.40. The maximum Gasteiger partial charge on any atom is 0.225 e. The largest absolute Gasteiger partial charge is 0.492 e. The second-order valence-corrected chi connectivity index (χ2v) is 7.73. The van der Waals surface area contributed by atoms with Crippen molar-refractivity contribution in [3.63, 3.8) is 0 Å². The van der Waals surface area contributed by atoms with E-state index in [1.54, 1.807) is 9.58 Å². The van der Waals surface area contributed by atoms with Crippen LogP contribution < -0.4 is 15.4 Å². The monoisotopic (exact) mass is 397 g/mol. The molecular weight excluding hydrogens is 370 g/mol. The van der Waals surface area contributed by atoms with Crippen LogP contribution >= 0.6 is 0 Å². The molecule has 2 aromatic rings. The molecule has 1 unspecified atom stereocenters. The molecule has 3 atom stereocenters. The van der Waals surface area contributed by atoms with Crippen LogP contribution in [-0.4, -0.2) is 65.3 Å². The first-order chi connectivity index (χ1) is 14.1. The molecule has 0 bridgehead atoms. The molecule has 4 rings (SSSR count). The van der Waals surface area contributed by atoms with Crippen LogP contribution in [0.2, 0.25) is 0 Å². The molecule has 2 N–H and O–H groups in total. The molecule has 2 amide bonds. The Balaban J connectivity index is 1.27. The SMILES string of the molecule is Cn1cc([C@H]2CNC[C@@H]2C(=O)NC2CC(=O)N(CCOc3ccccc3)C2)cn1. The van der Waals surface area contributed by atoms with Crippen molar-refractivity contribution in [2.24, 2.45) is 13.0 Å². The summed E-state index contributed by atoms with van der Waals surface area (Å²) in [6.45, 7) is 2.88. The number of aromatic nitrogens is 2. The highest BCUT2D eigenvalue weighted by Crippen LogP contribution is 2.28. The molecule has 1 aromatic heterocycles. The van der Waals surface area contributed by atoms with E-state index in [9.17, 15) is 9.59 Å². The van der Waals surface area contributed by atoms with E-state index < -0.39 is 0 Å². The summed E-state index contributed by atoms with van der Waals surface area (Å²) in [5, 5.41) is 10.6. The second kappa shape index (κ2) is 8.65. The number of carbonyl (C=O) groups excluding carboxylic acids is 2. The summed E-state index contributed by atoms with van der Waals surface area (Å²) >= 11 is 0. The molecule has 0 spiro atoms. The fourth-order valence-electron chi connectivity index (χ4n) is 4.12. The molecule has 2 aliphatic heterocycles. The maximum absolute atomic E-state index is 12.9. The Morgan fingerprint density at radius 3 is 2.90 bits per heavy atom. The van der Waals surface area contributed by atoms with E-state index >= 15 is 0 Å². The molecule has 8 heteroatoms. The summed E-state index contributed by atoms with van der Waals surface area (Å²) in [5.74, 6) is 0.810. The minimum absolute atomic E-state index is 0.00374. The fourth-order valence-corrected chi connectivity index (χ4v) is 4.12. The van der Waals surface area contributed by atoms with Crippen LogP contribution in [0.5, 0.6) is 5.75 Å². The van der Waals surface area contributed by atoms with Crippen LogP contribution in [0.3, 0.4) is 0 Å². The van der Waals surface area contributed by atoms with Gasteiger partial charge in [0.15, 0.2) is 0 Å². The second-order valence-electron chi connectivity index (χ2n) is 7.73. The zero-order valence-electron chi connectivity index (χ0n) is 16.6. The highest BCUT2D eigenvalue weighted by molar-refractivity contribution is 5.84. The van der Waals surface area contributed by atoms with Crippen LogP contribution in [0.15, 0.2) is 42.7 Å². The number of ether oxygens (including phenoxy) is 1. The first kappa shape index (κ1) is 19.4. The predicted octanol–water partition coefficient (Wildman–Crippen LogP) is 0.519. The molecule has 0 saturated carbocycles. The number of carbonyl (C=O) groups is 2. The van der Waals surface area contributed by atoms with Gasteiger partial charge in [-0.15, -0.1) is 0 Å². The van der Waals surface area contributed by atoms with Crippen molar-refractivity contribution in [1.29, 1.82) is 0 Å². The molecule has 29 heavy (non-hydrogen) atoms. The van der Waals surface area contributed by atoms with Crippen LogP contribution in [0.4, 0.5) is 0 Å². The molecule has 0 aliphatic carbocycles. The summed E-state index contributed by atoms with van der Waals surface area (Å²) in [4.78, 5) is 26.9. The van der Waals surface area contributed by atoms with Crippen molar-refractivity contribution in [3.8, 4) is 5.75 Å². The lowest BCUT2D eigenvalue weighted by Crippen LogP contribution is -2.42. The Morgan fingerprint density at radius 1 is 1.31 bits per heavy atom. The van der Waals surface area contributed by atoms with Crippen molar-refractivity contribution in [1.82, 2.24) is 25.3 Å². The van der Waals surface area contributed by atoms with E-state index in [0.717, 1.165) is 17.9 Å². The average Bonchev–Trinajstić information content (AvgIpc) is 3.43. The normalized spacial score (nSPS) is 24.1. The first-order valence-corrected chi connectivity index (χ1v) is 10.1. The van der Waals surface area contributed by atoms with Crippen molar-refractivity contribution >= 4 is 11.8 Å². The third-order valence-electron chi connectivity index (χ3n) is 5.64. The molecule has 8 nitrogen and oxygen atoms in total. The topological polar surface area (TPSA) is 88.5 Å². The lowest BCUT2D eigenvalue weighted by atomic mass is 9.90. The third kappa shape index (κ3) is 4.59. The third-order valence-corrected chi connectivity index (χ3v) is 5.64. The van der Waals surface area contributed by atoms with E-state index in [1.807, 2.05) is 49.8 Å². The first-order valence-electron chi connectivity index (χ1n) is 10.1. The van der Waals surface area contributed by atoms with Crippen molar-refractivity contribution < 1.29 is 14.3 Å². The lowest BCUT2D eigenvalue weighted by molar-refractivity contribution is -0.128. The summed E-state index contributed by atoms with van der Waals surface area (Å²) in [5.41, 5.74) is 1.07. The molecule has 0 radical (unpaired) electrons. The number of nitrogens with one attached hydrogen (secondary N) is 2. The summed E-state index contributed by atoms with van der Waals surface area (Å²) in [6.07, 6.45) is 4.13. The molecule has 154 valence electrons. The minimum atomic E-state index is -0.151. The van der Waals surface area contributed by atoms with Gasteiger partial charge in [0.05, 0.1) is 24.7 Å². The zero-order valence-corrected chi connectivity index (χ0v) is 16.6.